The molecule has 4 N–H and O–H groups in total. The number of guanidine groups is 1. The molecule has 0 aliphatic rings. The number of aliphatic hydroxyl groups excluding tert-OH is 1. The topological polar surface area (TPSA) is 98.6 Å². The number of hydrogen-bond acceptors (Lipinski definition) is 5. The van der Waals surface area contributed by atoms with Gasteiger partial charge in [0.15, 0.2) is 5.96 Å². The van der Waals surface area contributed by atoms with Gasteiger partial charge in [0.25, 0.3) is 5.91 Å². The molecule has 1 heterocycles. The van der Waals surface area contributed by atoms with Crippen LogP contribution in [0, 0.1) is 6.92 Å². The minimum absolute atomic E-state index is 0.137. The Kier molecular flexibility index (Phi) is 8.98. The van der Waals surface area contributed by atoms with Crippen molar-refractivity contribution in [3.05, 3.63) is 49.9 Å². The van der Waals surface area contributed by atoms with Crippen molar-refractivity contribution in [2.75, 3.05) is 26.2 Å². The van der Waals surface area contributed by atoms with E-state index in [2.05, 4.69) is 25.9 Å². The number of carbonyl (C=O) groups excluding carboxylic acids is 1. The van der Waals surface area contributed by atoms with Crippen molar-refractivity contribution in [3.63, 3.8) is 0 Å². The molecule has 10 heteroatoms. The summed E-state index contributed by atoms with van der Waals surface area (Å²) in [5, 5.41) is 20.3. The molecule has 28 heavy (non-hydrogen) atoms. The van der Waals surface area contributed by atoms with Crippen LogP contribution in [-0.4, -0.2) is 48.1 Å². The monoisotopic (exact) mass is 443 g/mol. The number of benzene rings is 1. The highest BCUT2D eigenvalue weighted by Crippen LogP contribution is 2.23. The third-order valence-electron chi connectivity index (χ3n) is 3.69. The fourth-order valence-electron chi connectivity index (χ4n) is 2.35. The molecule has 0 saturated carbocycles. The molecule has 0 bridgehead atoms. The number of rotatable bonds is 8. The maximum Gasteiger partial charge on any atom is 0.263 e. The highest BCUT2D eigenvalue weighted by molar-refractivity contribution is 7.11. The Labute approximate surface area is 178 Å². The van der Waals surface area contributed by atoms with Crippen LogP contribution in [0.3, 0.4) is 0 Å². The molecule has 0 aliphatic carbocycles. The average Bonchev–Trinajstić information content (AvgIpc) is 3.07. The number of nitrogens with zero attached hydrogens (tertiary/aromatic N) is 2. The largest absolute Gasteiger partial charge is 0.386 e. The fourth-order valence-corrected chi connectivity index (χ4v) is 3.61. The quantitative estimate of drug-likeness (QED) is 0.285. The second-order valence-corrected chi connectivity index (χ2v) is 7.62. The Hall–Kier alpha value is -1.87. The average molecular weight is 444 g/mol. The predicted octanol–water partition coefficient (Wildman–Crippen LogP) is 2.78. The van der Waals surface area contributed by atoms with E-state index in [9.17, 15) is 9.90 Å². The van der Waals surface area contributed by atoms with Crippen LogP contribution in [0.5, 0.6) is 0 Å². The van der Waals surface area contributed by atoms with E-state index in [0.717, 1.165) is 5.69 Å². The van der Waals surface area contributed by atoms with E-state index in [-0.39, 0.29) is 12.5 Å². The maximum atomic E-state index is 12.1. The van der Waals surface area contributed by atoms with E-state index in [0.29, 0.717) is 46.1 Å². The zero-order valence-electron chi connectivity index (χ0n) is 15.6. The van der Waals surface area contributed by atoms with Gasteiger partial charge >= 0.3 is 0 Å². The first-order valence-electron chi connectivity index (χ1n) is 8.75. The van der Waals surface area contributed by atoms with Crippen LogP contribution in [0.1, 0.15) is 34.0 Å². The van der Waals surface area contributed by atoms with Crippen LogP contribution in [0.15, 0.2) is 28.7 Å². The molecule has 0 saturated heterocycles. The van der Waals surface area contributed by atoms with Crippen LogP contribution in [-0.2, 0) is 0 Å². The number of aliphatic hydroxyl groups is 1. The Morgan fingerprint density at radius 2 is 1.89 bits per heavy atom. The van der Waals surface area contributed by atoms with E-state index in [1.807, 2.05) is 6.92 Å². The van der Waals surface area contributed by atoms with E-state index < -0.39 is 6.10 Å². The van der Waals surface area contributed by atoms with E-state index in [1.54, 1.807) is 30.6 Å². The van der Waals surface area contributed by atoms with Crippen molar-refractivity contribution < 1.29 is 9.90 Å². The van der Waals surface area contributed by atoms with Crippen molar-refractivity contribution in [1.29, 1.82) is 0 Å². The van der Waals surface area contributed by atoms with Crippen molar-refractivity contribution in [1.82, 2.24) is 20.9 Å². The highest BCUT2D eigenvalue weighted by atomic mass is 35.5. The van der Waals surface area contributed by atoms with Crippen LogP contribution in [0.4, 0.5) is 0 Å². The molecule has 1 atom stereocenters. The maximum absolute atomic E-state index is 12.1. The Morgan fingerprint density at radius 3 is 2.50 bits per heavy atom. The smallest absolute Gasteiger partial charge is 0.263 e. The summed E-state index contributed by atoms with van der Waals surface area (Å²) >= 11 is 13.3. The van der Waals surface area contributed by atoms with Gasteiger partial charge in [-0.05, 0) is 37.6 Å². The molecule has 2 aromatic rings. The van der Waals surface area contributed by atoms with Gasteiger partial charge in [-0.1, -0.05) is 23.2 Å². The van der Waals surface area contributed by atoms with Gasteiger partial charge in [0.1, 0.15) is 4.88 Å². The summed E-state index contributed by atoms with van der Waals surface area (Å²) in [6.45, 7) is 5.45. The second kappa shape index (κ2) is 11.2. The lowest BCUT2D eigenvalue weighted by Crippen LogP contribution is -2.41. The lowest BCUT2D eigenvalue weighted by Gasteiger charge is -2.14. The van der Waals surface area contributed by atoms with E-state index >= 15 is 0 Å². The lowest BCUT2D eigenvalue weighted by atomic mass is 10.1. The number of amides is 1. The molecule has 2 rings (SSSR count). The molecule has 0 fully saturated rings. The molecule has 152 valence electrons. The number of halogens is 2. The Morgan fingerprint density at radius 1 is 1.21 bits per heavy atom. The number of aryl methyl sites for hydroxylation is 1. The standard InChI is InChI=1S/C18H23Cl2N5O2S/c1-3-21-18(23-5-4-22-17(27)16-11(2)25-10-28-16)24-9-15(26)12-6-13(19)8-14(20)7-12/h6-8,10,15,26H,3-5,9H2,1-2H3,(H,22,27)(H2,21,23,24). The molecule has 0 spiro atoms. The van der Waals surface area contributed by atoms with E-state index in [1.165, 1.54) is 11.3 Å². The van der Waals surface area contributed by atoms with Crippen LogP contribution in [0.2, 0.25) is 10.0 Å². The highest BCUT2D eigenvalue weighted by Gasteiger charge is 2.11. The number of aliphatic imine (C=N–C) groups is 1. The van der Waals surface area contributed by atoms with Gasteiger partial charge in [0.2, 0.25) is 0 Å². The van der Waals surface area contributed by atoms with Crippen molar-refractivity contribution >= 4 is 46.4 Å². The first-order chi connectivity index (χ1) is 13.4. The fraction of sp³-hybridized carbons (Fsp3) is 0.389. The molecule has 7 nitrogen and oxygen atoms in total. The summed E-state index contributed by atoms with van der Waals surface area (Å²) in [5.41, 5.74) is 2.97. The summed E-state index contributed by atoms with van der Waals surface area (Å²) in [7, 11) is 0. The minimum atomic E-state index is -0.833. The van der Waals surface area contributed by atoms with Gasteiger partial charge in [0, 0.05) is 29.7 Å². The molecular weight excluding hydrogens is 421 g/mol. The third-order valence-corrected chi connectivity index (χ3v) is 5.05. The first-order valence-corrected chi connectivity index (χ1v) is 10.4. The van der Waals surface area contributed by atoms with Crippen LogP contribution < -0.4 is 16.0 Å². The van der Waals surface area contributed by atoms with Gasteiger partial charge < -0.3 is 21.1 Å². The molecule has 1 amide bonds. The predicted molar refractivity (Wildman–Crippen MR) is 115 cm³/mol. The summed E-state index contributed by atoms with van der Waals surface area (Å²) < 4.78 is 0. The molecule has 0 aliphatic heterocycles. The molecule has 1 unspecified atom stereocenters. The van der Waals surface area contributed by atoms with Gasteiger partial charge in [-0.2, -0.15) is 0 Å². The molecular formula is C18H23Cl2N5O2S. The molecule has 1 aromatic carbocycles. The van der Waals surface area contributed by atoms with Gasteiger partial charge in [0.05, 0.1) is 23.9 Å². The molecule has 1 aromatic heterocycles. The lowest BCUT2D eigenvalue weighted by molar-refractivity contribution is 0.0957. The summed E-state index contributed by atoms with van der Waals surface area (Å²) in [6, 6.07) is 4.92. The first kappa shape index (κ1) is 22.4. The number of hydrogen-bond donors (Lipinski definition) is 4. The Bertz CT molecular complexity index is 808. The Balaban J connectivity index is 1.84. The second-order valence-electron chi connectivity index (χ2n) is 5.89. The van der Waals surface area contributed by atoms with Gasteiger partial charge in [-0.25, -0.2) is 4.98 Å². The van der Waals surface area contributed by atoms with Crippen LogP contribution >= 0.6 is 34.5 Å². The van der Waals surface area contributed by atoms with Gasteiger partial charge in [-0.3, -0.25) is 9.79 Å². The van der Waals surface area contributed by atoms with Crippen molar-refractivity contribution in [2.45, 2.75) is 20.0 Å². The number of carbonyl (C=O) groups is 1. The van der Waals surface area contributed by atoms with Crippen molar-refractivity contribution in [3.8, 4) is 0 Å². The van der Waals surface area contributed by atoms with Gasteiger partial charge in [-0.15, -0.1) is 11.3 Å². The van der Waals surface area contributed by atoms with E-state index in [4.69, 9.17) is 23.2 Å². The number of thiazole rings is 1. The summed E-state index contributed by atoms with van der Waals surface area (Å²) in [6.07, 6.45) is -0.833. The zero-order chi connectivity index (χ0) is 20.5. The number of nitrogens with one attached hydrogen (secondary N) is 3. The summed E-state index contributed by atoms with van der Waals surface area (Å²) in [5.74, 6) is 0.398. The zero-order valence-corrected chi connectivity index (χ0v) is 18.0. The third kappa shape index (κ3) is 6.94. The summed E-state index contributed by atoms with van der Waals surface area (Å²) in [4.78, 5) is 21.1. The van der Waals surface area contributed by atoms with Crippen molar-refractivity contribution in [2.24, 2.45) is 4.99 Å². The number of aromatic nitrogens is 1. The normalized spacial score (nSPS) is 12.5. The minimum Gasteiger partial charge on any atom is -0.386 e. The van der Waals surface area contributed by atoms with Crippen LogP contribution in [0.25, 0.3) is 0 Å². The SMILES string of the molecule is CCNC(=NCC(O)c1cc(Cl)cc(Cl)c1)NCCNC(=O)c1scnc1C. The molecule has 0 radical (unpaired) electrons.